The van der Waals surface area contributed by atoms with Gasteiger partial charge in [0.15, 0.2) is 5.78 Å². The number of aromatic nitrogens is 1. The molecule has 21 heavy (non-hydrogen) atoms. The molecule has 1 aromatic heterocycles. The lowest BCUT2D eigenvalue weighted by atomic mass is 10.0. The summed E-state index contributed by atoms with van der Waals surface area (Å²) < 4.78 is 6.22. The number of nitrogens with one attached hydrogen (secondary N) is 1. The highest BCUT2D eigenvalue weighted by Gasteiger charge is 2.18. The van der Waals surface area contributed by atoms with E-state index < -0.39 is 0 Å². The minimum atomic E-state index is -0.0968. The molecule has 0 bridgehead atoms. The van der Waals surface area contributed by atoms with E-state index in [4.69, 9.17) is 10.5 Å². The maximum Gasteiger partial charge on any atom is 0.198 e. The van der Waals surface area contributed by atoms with Crippen LogP contribution in [-0.4, -0.2) is 17.9 Å². The van der Waals surface area contributed by atoms with Gasteiger partial charge in [0.1, 0.15) is 5.75 Å². The third-order valence-electron chi connectivity index (χ3n) is 3.36. The molecule has 106 valence electrons. The van der Waals surface area contributed by atoms with Gasteiger partial charge in [-0.3, -0.25) is 4.79 Å². The van der Waals surface area contributed by atoms with E-state index in [1.165, 1.54) is 7.11 Å². The Balaban J connectivity index is 2.13. The number of ketones is 1. The molecule has 0 radical (unpaired) electrons. The maximum atomic E-state index is 12.7. The summed E-state index contributed by atoms with van der Waals surface area (Å²) in [5, 5.41) is 0.877. The van der Waals surface area contributed by atoms with E-state index in [2.05, 4.69) is 20.9 Å². The number of ether oxygens (including phenoxy) is 1. The molecule has 3 N–H and O–H groups in total. The fourth-order valence-electron chi connectivity index (χ4n) is 2.33. The Morgan fingerprint density at radius 2 is 2.00 bits per heavy atom. The van der Waals surface area contributed by atoms with E-state index >= 15 is 0 Å². The molecular weight excluding hydrogens is 332 g/mol. The molecule has 4 nitrogen and oxygen atoms in total. The number of anilines is 1. The fraction of sp³-hybridized carbons (Fsp3) is 0.0625. The predicted octanol–water partition coefficient (Wildman–Crippen LogP) is 3.75. The van der Waals surface area contributed by atoms with Gasteiger partial charge in [-0.1, -0.05) is 22.0 Å². The first-order valence-corrected chi connectivity index (χ1v) is 7.14. The van der Waals surface area contributed by atoms with Crippen LogP contribution in [0, 0.1) is 0 Å². The number of benzene rings is 2. The van der Waals surface area contributed by atoms with Crippen LogP contribution >= 0.6 is 15.9 Å². The van der Waals surface area contributed by atoms with Crippen molar-refractivity contribution in [1.29, 1.82) is 0 Å². The van der Waals surface area contributed by atoms with Gasteiger partial charge >= 0.3 is 0 Å². The van der Waals surface area contributed by atoms with Crippen LogP contribution in [0.25, 0.3) is 10.9 Å². The first-order valence-electron chi connectivity index (χ1n) is 6.35. The molecule has 2 aromatic carbocycles. The van der Waals surface area contributed by atoms with Crippen molar-refractivity contribution in [3.63, 3.8) is 0 Å². The number of aromatic amines is 1. The molecule has 1 heterocycles. The van der Waals surface area contributed by atoms with Gasteiger partial charge in [0, 0.05) is 38.9 Å². The number of hydrogen-bond donors (Lipinski definition) is 2. The molecule has 0 spiro atoms. The summed E-state index contributed by atoms with van der Waals surface area (Å²) in [5.74, 6) is 0.381. The third-order valence-corrected chi connectivity index (χ3v) is 3.85. The van der Waals surface area contributed by atoms with Crippen LogP contribution in [0.5, 0.6) is 5.75 Å². The zero-order valence-corrected chi connectivity index (χ0v) is 12.9. The topological polar surface area (TPSA) is 68.1 Å². The van der Waals surface area contributed by atoms with Gasteiger partial charge in [0.2, 0.25) is 0 Å². The highest BCUT2D eigenvalue weighted by atomic mass is 79.9. The van der Waals surface area contributed by atoms with Crippen molar-refractivity contribution in [2.24, 2.45) is 0 Å². The Bertz CT molecular complexity index is 839. The van der Waals surface area contributed by atoms with Gasteiger partial charge in [-0.2, -0.15) is 0 Å². The highest BCUT2D eigenvalue weighted by molar-refractivity contribution is 9.10. The number of nitrogens with two attached hydrogens (primary N) is 1. The van der Waals surface area contributed by atoms with E-state index in [9.17, 15) is 4.79 Å². The van der Waals surface area contributed by atoms with Crippen molar-refractivity contribution < 1.29 is 9.53 Å². The number of fused-ring (bicyclic) bond motifs is 1. The quantitative estimate of drug-likeness (QED) is 0.561. The average Bonchev–Trinajstić information content (AvgIpc) is 2.89. The van der Waals surface area contributed by atoms with Gasteiger partial charge in [-0.25, -0.2) is 0 Å². The van der Waals surface area contributed by atoms with Crippen molar-refractivity contribution in [1.82, 2.24) is 4.98 Å². The van der Waals surface area contributed by atoms with E-state index in [0.717, 1.165) is 15.4 Å². The number of methoxy groups -OCH3 is 1. The largest absolute Gasteiger partial charge is 0.496 e. The maximum absolute atomic E-state index is 12.7. The summed E-state index contributed by atoms with van der Waals surface area (Å²) in [6.07, 6.45) is 1.72. The van der Waals surface area contributed by atoms with Crippen LogP contribution in [0.3, 0.4) is 0 Å². The Kier molecular flexibility index (Phi) is 3.43. The molecule has 5 heteroatoms. The van der Waals surface area contributed by atoms with Crippen molar-refractivity contribution in [2.75, 3.05) is 12.8 Å². The van der Waals surface area contributed by atoms with Gasteiger partial charge in [0.05, 0.1) is 12.7 Å². The van der Waals surface area contributed by atoms with Crippen molar-refractivity contribution in [3.05, 3.63) is 58.2 Å². The van der Waals surface area contributed by atoms with Gasteiger partial charge < -0.3 is 15.5 Å². The second-order valence-electron chi connectivity index (χ2n) is 4.68. The fourth-order valence-corrected chi connectivity index (χ4v) is 2.69. The van der Waals surface area contributed by atoms with Gasteiger partial charge in [0.25, 0.3) is 0 Å². The molecule has 0 aliphatic rings. The minimum absolute atomic E-state index is 0.0968. The number of rotatable bonds is 3. The van der Waals surface area contributed by atoms with Crippen molar-refractivity contribution in [3.8, 4) is 5.75 Å². The number of nitrogen functional groups attached to an aromatic ring is 1. The standard InChI is InChI=1S/C16H13BrN2O2/c1-21-15-7-10(18)3-5-12(15)16(20)13-8-19-14-6-9(17)2-4-11(13)14/h2-8,19H,18H2,1H3. The zero-order chi connectivity index (χ0) is 15.0. The minimum Gasteiger partial charge on any atom is -0.496 e. The van der Waals surface area contributed by atoms with Crippen LogP contribution in [-0.2, 0) is 0 Å². The average molecular weight is 345 g/mol. The van der Waals surface area contributed by atoms with Gasteiger partial charge in [-0.15, -0.1) is 0 Å². The monoisotopic (exact) mass is 344 g/mol. The number of halogens is 1. The van der Waals surface area contributed by atoms with Crippen LogP contribution in [0.1, 0.15) is 15.9 Å². The molecule has 0 unspecified atom stereocenters. The predicted molar refractivity (Wildman–Crippen MR) is 86.8 cm³/mol. The zero-order valence-electron chi connectivity index (χ0n) is 11.3. The number of H-pyrrole nitrogens is 1. The van der Waals surface area contributed by atoms with Crippen LogP contribution < -0.4 is 10.5 Å². The lowest BCUT2D eigenvalue weighted by molar-refractivity contribution is 0.103. The molecule has 3 aromatic rings. The summed E-state index contributed by atoms with van der Waals surface area (Å²) in [4.78, 5) is 15.9. The SMILES string of the molecule is COc1cc(N)ccc1C(=O)c1c[nH]c2cc(Br)ccc12. The van der Waals surface area contributed by atoms with E-state index in [-0.39, 0.29) is 5.78 Å². The molecule has 0 aliphatic heterocycles. The summed E-state index contributed by atoms with van der Waals surface area (Å²) in [6, 6.07) is 10.8. The molecule has 0 fully saturated rings. The molecule has 0 saturated carbocycles. The van der Waals surface area contributed by atoms with E-state index in [1.807, 2.05) is 18.2 Å². The van der Waals surface area contributed by atoms with Crippen LogP contribution in [0.2, 0.25) is 0 Å². The molecule has 3 rings (SSSR count). The summed E-state index contributed by atoms with van der Waals surface area (Å²) in [7, 11) is 1.53. The van der Waals surface area contributed by atoms with Crippen molar-refractivity contribution >= 4 is 38.3 Å². The Labute approximate surface area is 130 Å². The smallest absolute Gasteiger partial charge is 0.198 e. The summed E-state index contributed by atoms with van der Waals surface area (Å²) in [6.45, 7) is 0. The summed E-state index contributed by atoms with van der Waals surface area (Å²) in [5.41, 5.74) is 8.30. The number of carbonyl (C=O) groups excluding carboxylic acids is 1. The highest BCUT2D eigenvalue weighted by Crippen LogP contribution is 2.28. The Morgan fingerprint density at radius 1 is 1.19 bits per heavy atom. The third kappa shape index (κ3) is 2.40. The second kappa shape index (κ2) is 5.26. The second-order valence-corrected chi connectivity index (χ2v) is 5.60. The van der Waals surface area contributed by atoms with Crippen molar-refractivity contribution in [2.45, 2.75) is 0 Å². The summed E-state index contributed by atoms with van der Waals surface area (Å²) >= 11 is 3.42. The number of carbonyl (C=O) groups is 1. The molecule has 0 saturated heterocycles. The molecule has 0 aliphatic carbocycles. The molecular formula is C16H13BrN2O2. The number of hydrogen-bond acceptors (Lipinski definition) is 3. The first kappa shape index (κ1) is 13.7. The first-order chi connectivity index (χ1) is 10.1. The lowest BCUT2D eigenvalue weighted by Crippen LogP contribution is -2.04. The Morgan fingerprint density at radius 3 is 2.76 bits per heavy atom. The van der Waals surface area contributed by atoms with E-state index in [0.29, 0.717) is 22.6 Å². The lowest BCUT2D eigenvalue weighted by Gasteiger charge is -2.08. The normalized spacial score (nSPS) is 10.8. The van der Waals surface area contributed by atoms with Crippen LogP contribution in [0.4, 0.5) is 5.69 Å². The molecule has 0 amide bonds. The van der Waals surface area contributed by atoms with E-state index in [1.54, 1.807) is 24.4 Å². The van der Waals surface area contributed by atoms with Gasteiger partial charge in [-0.05, 0) is 24.3 Å². The van der Waals surface area contributed by atoms with Crippen LogP contribution in [0.15, 0.2) is 47.1 Å². The molecule has 0 atom stereocenters. The Hall–Kier alpha value is -2.27.